The summed E-state index contributed by atoms with van der Waals surface area (Å²) in [7, 11) is -30.4. The molecule has 0 aliphatic rings. The van der Waals surface area contributed by atoms with E-state index in [1.165, 1.54) is 0 Å². The minimum absolute atomic E-state index is 0. The summed E-state index contributed by atoms with van der Waals surface area (Å²) >= 11 is 0. The van der Waals surface area contributed by atoms with E-state index in [4.69, 9.17) is 0 Å². The Morgan fingerprint density at radius 2 is 0.588 bits per heavy atom. The first-order valence-electron chi connectivity index (χ1n) is 5.93. The van der Waals surface area contributed by atoms with Crippen LogP contribution >= 0.6 is 0 Å². The van der Waals surface area contributed by atoms with Crippen molar-refractivity contribution < 1.29 is 87.6 Å². The Hall–Kier alpha value is -1.86. The van der Waals surface area contributed by atoms with Crippen molar-refractivity contribution in [3.05, 3.63) is 38.5 Å². The number of rotatable bonds is 12. The molecule has 0 fully saturated rings. The summed E-state index contributed by atoms with van der Waals surface area (Å²) in [5.41, 5.74) is 0. The average molecular weight is 620 g/mol. The molecule has 0 heterocycles. The zero-order valence-corrected chi connectivity index (χ0v) is 20.4. The van der Waals surface area contributed by atoms with Crippen LogP contribution < -0.4 is 0 Å². The summed E-state index contributed by atoms with van der Waals surface area (Å²) in [6.45, 7) is 8.39. The van der Waals surface area contributed by atoms with Gasteiger partial charge < -0.3 is 26.2 Å². The second kappa shape index (κ2) is 15.2. The van der Waals surface area contributed by atoms with E-state index in [0.29, 0.717) is 18.8 Å². The Balaban J connectivity index is -0.000000196. The van der Waals surface area contributed by atoms with Crippen molar-refractivity contribution in [1.29, 1.82) is 0 Å². The van der Waals surface area contributed by atoms with Gasteiger partial charge in [-0.2, -0.15) is 25.3 Å². The summed E-state index contributed by atoms with van der Waals surface area (Å²) < 4.78 is 167. The fourth-order valence-electron chi connectivity index (χ4n) is 0.604. The number of hydrogen-bond donors (Lipinski definition) is 0. The minimum atomic E-state index is -5.31. The van der Waals surface area contributed by atoms with Crippen LogP contribution in [0.3, 0.4) is 0 Å². The molecule has 0 atom stereocenters. The average Bonchev–Trinajstić information content (AvgIpc) is 2.39. The van der Waals surface area contributed by atoms with Gasteiger partial charge in [-0.15, -0.1) is 10.9 Å². The van der Waals surface area contributed by atoms with E-state index in [1.807, 2.05) is 0 Å². The molecule has 0 unspecified atom stereocenters. The SMILES string of the molecule is C=COS(=O)(=O)OS(=O)(=O)[O-].C=COS(=O)(=O)OS(=O)(=O)[O-].C=COS(=O)(=O)OS(=O)(=O)[O-].[B+3]. The molecule has 28 heteroatoms. The van der Waals surface area contributed by atoms with Crippen molar-refractivity contribution in [2.75, 3.05) is 0 Å². The second-order valence-corrected chi connectivity index (χ2v) is 10.6. The van der Waals surface area contributed by atoms with E-state index in [1.54, 1.807) is 0 Å². The van der Waals surface area contributed by atoms with E-state index in [2.05, 4.69) is 43.2 Å². The van der Waals surface area contributed by atoms with Crippen LogP contribution in [0.4, 0.5) is 0 Å². The van der Waals surface area contributed by atoms with Gasteiger partial charge in [-0.1, -0.05) is 19.7 Å². The van der Waals surface area contributed by atoms with Gasteiger partial charge in [0, 0.05) is 0 Å². The van der Waals surface area contributed by atoms with Crippen LogP contribution in [-0.4, -0.2) is 72.6 Å². The van der Waals surface area contributed by atoms with Gasteiger partial charge in [0.15, 0.2) is 0 Å². The van der Waals surface area contributed by atoms with Crippen molar-refractivity contribution in [3.63, 3.8) is 0 Å². The quantitative estimate of drug-likeness (QED) is 0.0874. The van der Waals surface area contributed by atoms with Gasteiger partial charge >= 0.3 is 39.6 Å². The molecule has 198 valence electrons. The molecular formula is C6H9BO21S6. The zero-order valence-electron chi connectivity index (χ0n) is 15.5. The summed E-state index contributed by atoms with van der Waals surface area (Å²) in [6.07, 6.45) is 1.21. The van der Waals surface area contributed by atoms with Crippen molar-refractivity contribution in [1.82, 2.24) is 0 Å². The molecule has 0 aromatic rings. The predicted molar refractivity (Wildman–Crippen MR) is 98.7 cm³/mol. The molecule has 34 heavy (non-hydrogen) atoms. The summed E-state index contributed by atoms with van der Waals surface area (Å²) in [5, 5.41) is 0. The van der Waals surface area contributed by atoms with Gasteiger partial charge in [-0.25, -0.2) is 25.3 Å². The van der Waals surface area contributed by atoms with Crippen molar-refractivity contribution in [2.24, 2.45) is 0 Å². The smallest absolute Gasteiger partial charge is 0.725 e. The van der Waals surface area contributed by atoms with Crippen LogP contribution in [-0.2, 0) is 85.8 Å². The van der Waals surface area contributed by atoms with Gasteiger partial charge in [-0.3, -0.25) is 0 Å². The van der Waals surface area contributed by atoms with Gasteiger partial charge in [-0.05, 0) is 0 Å². The van der Waals surface area contributed by atoms with E-state index in [0.717, 1.165) is 0 Å². The normalized spacial score (nSPS) is 12.1. The molecule has 0 saturated carbocycles. The fraction of sp³-hybridized carbons (Fsp3) is 0. The van der Waals surface area contributed by atoms with Crippen LogP contribution in [0.5, 0.6) is 0 Å². The molecule has 0 spiro atoms. The standard InChI is InChI=1S/3C2H4O7S2.B/c3*1-2-8-11(6,7)9-10(3,4)5;/h3*2H,1H2,(H,3,4,5);/q;;;+3/p-3. The molecule has 0 amide bonds. The maximum atomic E-state index is 10.2. The zero-order chi connectivity index (χ0) is 27.4. The molecule has 0 radical (unpaired) electrons. The molecule has 0 aliphatic heterocycles. The van der Waals surface area contributed by atoms with Crippen LogP contribution in [0.2, 0.25) is 0 Å². The van der Waals surface area contributed by atoms with Gasteiger partial charge in [0.2, 0.25) is 31.2 Å². The molecular weight excluding hydrogens is 611 g/mol. The fourth-order valence-corrected chi connectivity index (χ4v) is 3.94. The molecule has 21 nitrogen and oxygen atoms in total. The van der Waals surface area contributed by atoms with E-state index in [-0.39, 0.29) is 8.41 Å². The Morgan fingerprint density at radius 1 is 0.441 bits per heavy atom. The molecule has 0 aromatic heterocycles. The maximum absolute atomic E-state index is 10.2. The topological polar surface area (TPSA) is 329 Å². The third kappa shape index (κ3) is 32.3. The molecule has 0 bridgehead atoms. The van der Waals surface area contributed by atoms with Crippen LogP contribution in [0, 0.1) is 0 Å². The summed E-state index contributed by atoms with van der Waals surface area (Å²) in [4.78, 5) is 0. The van der Waals surface area contributed by atoms with Crippen molar-refractivity contribution in [3.8, 4) is 0 Å². The van der Waals surface area contributed by atoms with Gasteiger partial charge in [0.05, 0.1) is 0 Å². The first-order valence-corrected chi connectivity index (χ1v) is 13.9. The Morgan fingerprint density at radius 3 is 0.676 bits per heavy atom. The van der Waals surface area contributed by atoms with Crippen LogP contribution in [0.1, 0.15) is 0 Å². The first-order chi connectivity index (χ1) is 14.3. The largest absolute Gasteiger partial charge is 3.00 e. The monoisotopic (exact) mass is 620 g/mol. The third-order valence-electron chi connectivity index (χ3n) is 1.06. The second-order valence-electron chi connectivity index (χ2n) is 3.44. The van der Waals surface area contributed by atoms with Gasteiger partial charge in [0.1, 0.15) is 18.8 Å². The maximum Gasteiger partial charge on any atom is 3.00 e. The Labute approximate surface area is 196 Å². The molecule has 0 saturated heterocycles. The minimum Gasteiger partial charge on any atom is -0.725 e. The Kier molecular flexibility index (Phi) is 17.6. The first kappa shape index (κ1) is 39.4. The molecule has 0 aromatic carbocycles. The van der Waals surface area contributed by atoms with Crippen molar-refractivity contribution in [2.45, 2.75) is 0 Å². The van der Waals surface area contributed by atoms with Gasteiger partial charge in [0.25, 0.3) is 0 Å². The molecule has 0 rings (SSSR count). The predicted octanol–water partition coefficient (Wildman–Crippen LogP) is -3.78. The molecule has 0 aliphatic carbocycles. The third-order valence-corrected chi connectivity index (χ3v) is 6.17. The van der Waals surface area contributed by atoms with E-state index < -0.39 is 62.4 Å². The van der Waals surface area contributed by atoms with Crippen molar-refractivity contribution >= 4 is 70.8 Å². The van der Waals surface area contributed by atoms with Crippen LogP contribution in [0.15, 0.2) is 38.5 Å². The molecule has 0 N–H and O–H groups in total. The van der Waals surface area contributed by atoms with E-state index in [9.17, 15) is 64.2 Å². The van der Waals surface area contributed by atoms with Crippen LogP contribution in [0.25, 0.3) is 0 Å². The summed E-state index contributed by atoms with van der Waals surface area (Å²) in [5.74, 6) is 0. The Bertz CT molecular complexity index is 1130. The summed E-state index contributed by atoms with van der Waals surface area (Å²) in [6, 6.07) is 0. The van der Waals surface area contributed by atoms with E-state index >= 15 is 0 Å². The number of hydrogen-bond acceptors (Lipinski definition) is 21.